The van der Waals surface area contributed by atoms with Crippen molar-refractivity contribution in [1.82, 2.24) is 19.5 Å². The van der Waals surface area contributed by atoms with Crippen LogP contribution in [0.4, 0.5) is 16.3 Å². The first kappa shape index (κ1) is 16.0. The van der Waals surface area contributed by atoms with Gasteiger partial charge in [0.25, 0.3) is 0 Å². The lowest BCUT2D eigenvalue weighted by atomic mass is 10.1. The van der Waals surface area contributed by atoms with Crippen molar-refractivity contribution in [2.24, 2.45) is 7.05 Å². The molecule has 8 nitrogen and oxygen atoms in total. The highest BCUT2D eigenvalue weighted by Gasteiger charge is 2.17. The Kier molecular flexibility index (Phi) is 3.77. The highest BCUT2D eigenvalue weighted by atomic mass is 32.1. The Balaban J connectivity index is 1.85. The molecule has 0 bridgehead atoms. The molecule has 4 rings (SSSR count). The van der Waals surface area contributed by atoms with Crippen molar-refractivity contribution in [2.75, 3.05) is 11.1 Å². The highest BCUT2D eigenvalue weighted by molar-refractivity contribution is 7.21. The second-order valence-corrected chi connectivity index (χ2v) is 6.68. The summed E-state index contributed by atoms with van der Waals surface area (Å²) in [5, 5.41) is 12.1. The number of nitrogens with two attached hydrogens (primary N) is 1. The first-order valence-corrected chi connectivity index (χ1v) is 8.46. The van der Waals surface area contributed by atoms with Crippen LogP contribution in [0.15, 0.2) is 43.0 Å². The van der Waals surface area contributed by atoms with Crippen LogP contribution in [-0.4, -0.2) is 30.7 Å². The smallest absolute Gasteiger partial charge is 0.409 e. The number of fused-ring (bicyclic) bond motifs is 1. The lowest BCUT2D eigenvalue weighted by Crippen LogP contribution is -2.06. The minimum absolute atomic E-state index is 0.439. The van der Waals surface area contributed by atoms with E-state index in [0.29, 0.717) is 11.5 Å². The molecule has 0 aliphatic heterocycles. The number of hydrogen-bond donors (Lipinski definition) is 3. The van der Waals surface area contributed by atoms with Gasteiger partial charge in [-0.25, -0.2) is 19.7 Å². The minimum Gasteiger partial charge on any atom is -0.465 e. The fraction of sp³-hybridized carbons (Fsp3) is 0.0588. The Morgan fingerprint density at radius 3 is 2.88 bits per heavy atom. The summed E-state index contributed by atoms with van der Waals surface area (Å²) in [5.74, 6) is 0.439. The van der Waals surface area contributed by atoms with Crippen molar-refractivity contribution in [2.45, 2.75) is 0 Å². The average Bonchev–Trinajstić information content (AvgIpc) is 3.18. The molecule has 4 aromatic rings. The summed E-state index contributed by atoms with van der Waals surface area (Å²) in [6, 6.07) is 9.07. The van der Waals surface area contributed by atoms with Crippen LogP contribution < -0.4 is 11.1 Å². The number of imidazole rings is 1. The number of thiophene rings is 1. The van der Waals surface area contributed by atoms with Gasteiger partial charge in [-0.2, -0.15) is 0 Å². The van der Waals surface area contributed by atoms with Gasteiger partial charge in [0.15, 0.2) is 0 Å². The molecule has 4 N–H and O–H groups in total. The van der Waals surface area contributed by atoms with Crippen molar-refractivity contribution in [3.8, 4) is 21.8 Å². The lowest BCUT2D eigenvalue weighted by Gasteiger charge is -2.06. The largest absolute Gasteiger partial charge is 0.465 e. The summed E-state index contributed by atoms with van der Waals surface area (Å²) < 4.78 is 1.92. The Morgan fingerprint density at radius 2 is 2.12 bits per heavy atom. The molecule has 1 amide bonds. The van der Waals surface area contributed by atoms with Crippen molar-refractivity contribution in [3.63, 3.8) is 0 Å². The molecule has 0 aliphatic carbocycles. The van der Waals surface area contributed by atoms with Gasteiger partial charge in [-0.3, -0.25) is 5.32 Å². The van der Waals surface area contributed by atoms with Gasteiger partial charge in [-0.1, -0.05) is 12.1 Å². The second-order valence-electron chi connectivity index (χ2n) is 5.65. The van der Waals surface area contributed by atoms with Crippen molar-refractivity contribution in [3.05, 3.63) is 43.0 Å². The normalized spacial score (nSPS) is 11.0. The first-order chi connectivity index (χ1) is 12.5. The first-order valence-electron chi connectivity index (χ1n) is 7.65. The van der Waals surface area contributed by atoms with Crippen LogP contribution in [0.1, 0.15) is 0 Å². The quantitative estimate of drug-likeness (QED) is 0.511. The number of amides is 1. The monoisotopic (exact) mass is 366 g/mol. The Bertz CT molecular complexity index is 1130. The fourth-order valence-electron chi connectivity index (χ4n) is 2.79. The molecule has 0 saturated heterocycles. The molecule has 26 heavy (non-hydrogen) atoms. The summed E-state index contributed by atoms with van der Waals surface area (Å²) in [5.41, 5.74) is 8.89. The molecular weight excluding hydrogens is 352 g/mol. The zero-order valence-corrected chi connectivity index (χ0v) is 14.5. The molecule has 0 unspecified atom stereocenters. The number of benzene rings is 1. The predicted molar refractivity (Wildman–Crippen MR) is 101 cm³/mol. The molecule has 130 valence electrons. The number of rotatable bonds is 3. The van der Waals surface area contributed by atoms with E-state index in [1.54, 1.807) is 24.5 Å². The average molecular weight is 366 g/mol. The molecular formula is C17H14N6O2S. The van der Waals surface area contributed by atoms with Crippen LogP contribution in [0.25, 0.3) is 32.0 Å². The van der Waals surface area contributed by atoms with E-state index < -0.39 is 6.09 Å². The number of anilines is 2. The summed E-state index contributed by atoms with van der Waals surface area (Å²) >= 11 is 1.51. The topological polar surface area (TPSA) is 119 Å². The SMILES string of the molecule is Cn1cnc(-c2cccc(NC(=O)O)c2)c1-c1cc2c(N)ncnc2s1. The van der Waals surface area contributed by atoms with Gasteiger partial charge in [0.1, 0.15) is 17.0 Å². The molecule has 0 radical (unpaired) electrons. The number of carboxylic acid groups (broad SMARTS) is 1. The van der Waals surface area contributed by atoms with Gasteiger partial charge < -0.3 is 15.4 Å². The number of aryl methyl sites for hydroxylation is 1. The van der Waals surface area contributed by atoms with E-state index in [1.807, 2.05) is 23.7 Å². The van der Waals surface area contributed by atoms with E-state index >= 15 is 0 Å². The van der Waals surface area contributed by atoms with Crippen molar-refractivity contribution >= 4 is 39.2 Å². The lowest BCUT2D eigenvalue weighted by molar-refractivity contribution is 0.210. The maximum atomic E-state index is 10.9. The van der Waals surface area contributed by atoms with Gasteiger partial charge >= 0.3 is 6.09 Å². The van der Waals surface area contributed by atoms with Gasteiger partial charge in [-0.05, 0) is 18.2 Å². The van der Waals surface area contributed by atoms with Gasteiger partial charge in [0, 0.05) is 18.3 Å². The van der Waals surface area contributed by atoms with Gasteiger partial charge in [-0.15, -0.1) is 11.3 Å². The maximum absolute atomic E-state index is 10.9. The standard InChI is InChI=1S/C17H14N6O2S/c1-23-8-21-13(9-3-2-4-10(5-9)22-17(24)25)14(23)12-6-11-15(18)19-7-20-16(11)26-12/h2-8,22H,1H3,(H,24,25)(H2,18,19,20). The van der Waals surface area contributed by atoms with E-state index in [0.717, 1.165) is 32.0 Å². The van der Waals surface area contributed by atoms with E-state index in [2.05, 4.69) is 20.3 Å². The van der Waals surface area contributed by atoms with Gasteiger partial charge in [0.2, 0.25) is 0 Å². The molecule has 1 aromatic carbocycles. The van der Waals surface area contributed by atoms with E-state index in [-0.39, 0.29) is 0 Å². The van der Waals surface area contributed by atoms with Crippen LogP contribution in [0.2, 0.25) is 0 Å². The summed E-state index contributed by atoms with van der Waals surface area (Å²) in [6.45, 7) is 0. The molecule has 3 heterocycles. The van der Waals surface area contributed by atoms with Crippen molar-refractivity contribution < 1.29 is 9.90 Å². The zero-order chi connectivity index (χ0) is 18.3. The Morgan fingerprint density at radius 1 is 1.27 bits per heavy atom. The predicted octanol–water partition coefficient (Wildman–Crippen LogP) is 3.43. The van der Waals surface area contributed by atoms with E-state index in [1.165, 1.54) is 17.7 Å². The Hall–Kier alpha value is -3.46. The zero-order valence-electron chi connectivity index (χ0n) is 13.7. The number of nitrogen functional groups attached to an aromatic ring is 1. The molecule has 0 saturated carbocycles. The van der Waals surface area contributed by atoms with Crippen LogP contribution in [-0.2, 0) is 7.05 Å². The molecule has 9 heteroatoms. The molecule has 3 aromatic heterocycles. The van der Waals surface area contributed by atoms with Crippen LogP contribution in [0.5, 0.6) is 0 Å². The summed E-state index contributed by atoms with van der Waals surface area (Å²) in [6.07, 6.45) is 2.06. The van der Waals surface area contributed by atoms with Gasteiger partial charge in [0.05, 0.1) is 28.0 Å². The number of carbonyl (C=O) groups is 1. The van der Waals surface area contributed by atoms with Crippen LogP contribution in [0, 0.1) is 0 Å². The number of aromatic nitrogens is 4. The van der Waals surface area contributed by atoms with Crippen molar-refractivity contribution in [1.29, 1.82) is 0 Å². The molecule has 0 atom stereocenters. The number of nitrogens with one attached hydrogen (secondary N) is 1. The van der Waals surface area contributed by atoms with Crippen LogP contribution >= 0.6 is 11.3 Å². The maximum Gasteiger partial charge on any atom is 0.409 e. The third-order valence-electron chi connectivity index (χ3n) is 3.92. The third kappa shape index (κ3) is 2.74. The molecule has 0 aliphatic rings. The molecule has 0 fully saturated rings. The molecule has 0 spiro atoms. The second kappa shape index (κ2) is 6.12. The fourth-order valence-corrected chi connectivity index (χ4v) is 3.89. The van der Waals surface area contributed by atoms with Crippen LogP contribution in [0.3, 0.4) is 0 Å². The third-order valence-corrected chi connectivity index (χ3v) is 4.97. The minimum atomic E-state index is -1.11. The van der Waals surface area contributed by atoms with E-state index in [4.69, 9.17) is 10.8 Å². The number of hydrogen-bond acceptors (Lipinski definition) is 6. The van der Waals surface area contributed by atoms with E-state index in [9.17, 15) is 4.79 Å². The summed E-state index contributed by atoms with van der Waals surface area (Å²) in [4.78, 5) is 25.5. The number of nitrogens with zero attached hydrogens (tertiary/aromatic N) is 4. The Labute approximate surface area is 152 Å². The summed E-state index contributed by atoms with van der Waals surface area (Å²) in [7, 11) is 1.91. The highest BCUT2D eigenvalue weighted by Crippen LogP contribution is 2.38.